The lowest BCUT2D eigenvalue weighted by atomic mass is 10.0. The van der Waals surface area contributed by atoms with Crippen LogP contribution in [0.25, 0.3) is 10.8 Å². The number of benzene rings is 2. The van der Waals surface area contributed by atoms with Crippen LogP contribution in [-0.4, -0.2) is 16.1 Å². The van der Waals surface area contributed by atoms with Gasteiger partial charge in [0.2, 0.25) is 0 Å². The second-order valence-electron chi connectivity index (χ2n) is 3.23. The summed E-state index contributed by atoms with van der Waals surface area (Å²) in [7, 11) is 0. The first-order valence-corrected chi connectivity index (χ1v) is 4.34. The molecule has 0 atom stereocenters. The molecule has 2 rings (SSSR count). The number of carbonyl (C=O) groups excluding carboxylic acids is 1. The van der Waals surface area contributed by atoms with E-state index in [1.807, 2.05) is 0 Å². The van der Waals surface area contributed by atoms with E-state index >= 15 is 0 Å². The molecule has 0 radical (unpaired) electrons. The highest BCUT2D eigenvalue weighted by Crippen LogP contribution is 2.29. The monoisotopic (exact) mass is 203 g/mol. The van der Waals surface area contributed by atoms with E-state index in [2.05, 4.69) is 0 Å². The van der Waals surface area contributed by atoms with E-state index < -0.39 is 5.91 Å². The molecule has 76 valence electrons. The predicted octanol–water partition coefficient (Wildman–Crippen LogP) is 1.35. The van der Waals surface area contributed by atoms with Gasteiger partial charge >= 0.3 is 0 Å². The van der Waals surface area contributed by atoms with Gasteiger partial charge in [-0.25, -0.2) is 0 Å². The van der Waals surface area contributed by atoms with E-state index in [4.69, 9.17) is 5.73 Å². The zero-order valence-electron chi connectivity index (χ0n) is 7.77. The summed E-state index contributed by atoms with van der Waals surface area (Å²) >= 11 is 0. The van der Waals surface area contributed by atoms with Crippen molar-refractivity contribution in [2.45, 2.75) is 0 Å². The summed E-state index contributed by atoms with van der Waals surface area (Å²) in [5.41, 5.74) is 5.18. The molecule has 0 heterocycles. The summed E-state index contributed by atoms with van der Waals surface area (Å²) in [5.74, 6) is -0.875. The van der Waals surface area contributed by atoms with E-state index in [9.17, 15) is 15.0 Å². The molecule has 1 amide bonds. The summed E-state index contributed by atoms with van der Waals surface area (Å²) in [4.78, 5) is 11.1. The highest BCUT2D eigenvalue weighted by Gasteiger charge is 2.12. The van der Waals surface area contributed by atoms with Crippen LogP contribution in [0.15, 0.2) is 30.3 Å². The Balaban J connectivity index is 2.90. The maximum atomic E-state index is 11.1. The zero-order chi connectivity index (χ0) is 11.0. The molecule has 0 saturated carbocycles. The Bertz CT molecular complexity index is 544. The maximum Gasteiger partial charge on any atom is 0.253 e. The Kier molecular flexibility index (Phi) is 1.97. The fraction of sp³-hybridized carbons (Fsp3) is 0. The highest BCUT2D eigenvalue weighted by atomic mass is 16.3. The van der Waals surface area contributed by atoms with Gasteiger partial charge in [-0.15, -0.1) is 0 Å². The molecular weight excluding hydrogens is 194 g/mol. The van der Waals surface area contributed by atoms with Gasteiger partial charge < -0.3 is 15.9 Å². The molecule has 0 fully saturated rings. The third-order valence-corrected chi connectivity index (χ3v) is 2.23. The van der Waals surface area contributed by atoms with Crippen LogP contribution in [0.4, 0.5) is 0 Å². The Morgan fingerprint density at radius 2 is 1.80 bits per heavy atom. The van der Waals surface area contributed by atoms with Crippen molar-refractivity contribution in [1.29, 1.82) is 0 Å². The predicted molar refractivity (Wildman–Crippen MR) is 55.8 cm³/mol. The molecule has 0 aliphatic carbocycles. The number of hydrogen-bond donors (Lipinski definition) is 3. The van der Waals surface area contributed by atoms with Crippen LogP contribution in [0.1, 0.15) is 10.4 Å². The first-order chi connectivity index (χ1) is 7.09. The van der Waals surface area contributed by atoms with Gasteiger partial charge in [-0.2, -0.15) is 0 Å². The minimum absolute atomic E-state index is 0.0237. The number of amides is 1. The first-order valence-electron chi connectivity index (χ1n) is 4.34. The van der Waals surface area contributed by atoms with Crippen molar-refractivity contribution in [2.75, 3.05) is 0 Å². The lowest BCUT2D eigenvalue weighted by Gasteiger charge is -2.05. The minimum Gasteiger partial charge on any atom is -0.508 e. The molecule has 0 bridgehead atoms. The second kappa shape index (κ2) is 3.16. The summed E-state index contributed by atoms with van der Waals surface area (Å²) in [6, 6.07) is 7.60. The number of rotatable bonds is 1. The zero-order valence-corrected chi connectivity index (χ0v) is 7.77. The summed E-state index contributed by atoms with van der Waals surface area (Å²) < 4.78 is 0. The van der Waals surface area contributed by atoms with Gasteiger partial charge in [0.05, 0.1) is 5.56 Å². The summed E-state index contributed by atoms with van der Waals surface area (Å²) in [6.45, 7) is 0. The number of carbonyl (C=O) groups is 1. The quantitative estimate of drug-likeness (QED) is 0.654. The van der Waals surface area contributed by atoms with Crippen LogP contribution in [0.2, 0.25) is 0 Å². The molecule has 4 N–H and O–H groups in total. The lowest BCUT2D eigenvalue weighted by Crippen LogP contribution is -2.11. The molecule has 2 aromatic rings. The number of hydrogen-bond acceptors (Lipinski definition) is 3. The number of fused-ring (bicyclic) bond motifs is 1. The van der Waals surface area contributed by atoms with Gasteiger partial charge in [0.15, 0.2) is 0 Å². The number of phenols is 2. The molecule has 0 unspecified atom stereocenters. The fourth-order valence-electron chi connectivity index (χ4n) is 1.56. The van der Waals surface area contributed by atoms with Crippen molar-refractivity contribution in [3.05, 3.63) is 35.9 Å². The number of aromatic hydroxyl groups is 2. The van der Waals surface area contributed by atoms with Crippen LogP contribution in [0.3, 0.4) is 0 Å². The standard InChI is InChI=1S/C11H9NO3/c12-11(15)10-8-5-7(13)3-1-6(8)2-4-9(10)14/h1-5,13-14H,(H2,12,15). The molecule has 4 nitrogen and oxygen atoms in total. The van der Waals surface area contributed by atoms with E-state index in [1.54, 1.807) is 12.1 Å². The number of primary amides is 1. The third kappa shape index (κ3) is 1.46. The largest absolute Gasteiger partial charge is 0.508 e. The maximum absolute atomic E-state index is 11.1. The van der Waals surface area contributed by atoms with Crippen molar-refractivity contribution >= 4 is 16.7 Å². The highest BCUT2D eigenvalue weighted by molar-refractivity contribution is 6.09. The Morgan fingerprint density at radius 1 is 1.13 bits per heavy atom. The first kappa shape index (κ1) is 9.33. The Morgan fingerprint density at radius 3 is 2.47 bits per heavy atom. The van der Waals surface area contributed by atoms with Crippen LogP contribution < -0.4 is 5.73 Å². The molecule has 0 aromatic heterocycles. The van der Waals surface area contributed by atoms with Crippen molar-refractivity contribution in [3.63, 3.8) is 0 Å². The molecule has 0 spiro atoms. The molecule has 0 saturated heterocycles. The molecular formula is C11H9NO3. The van der Waals surface area contributed by atoms with Crippen molar-refractivity contribution < 1.29 is 15.0 Å². The average Bonchev–Trinajstić information content (AvgIpc) is 2.16. The van der Waals surface area contributed by atoms with Crippen LogP contribution in [0.5, 0.6) is 11.5 Å². The normalized spacial score (nSPS) is 10.4. The molecule has 0 aliphatic rings. The lowest BCUT2D eigenvalue weighted by molar-refractivity contribution is 0.0999. The Labute approximate surface area is 85.6 Å². The van der Waals surface area contributed by atoms with E-state index in [-0.39, 0.29) is 17.1 Å². The van der Waals surface area contributed by atoms with E-state index in [0.29, 0.717) is 5.39 Å². The Hall–Kier alpha value is -2.23. The number of nitrogens with two attached hydrogens (primary N) is 1. The van der Waals surface area contributed by atoms with Crippen molar-refractivity contribution in [1.82, 2.24) is 0 Å². The minimum atomic E-state index is -0.719. The van der Waals surface area contributed by atoms with Crippen LogP contribution in [0, 0.1) is 0 Å². The van der Waals surface area contributed by atoms with Gasteiger partial charge in [0, 0.05) is 5.39 Å². The smallest absolute Gasteiger partial charge is 0.253 e. The van der Waals surface area contributed by atoms with Gasteiger partial charge in [-0.3, -0.25) is 4.79 Å². The topological polar surface area (TPSA) is 83.6 Å². The fourth-order valence-corrected chi connectivity index (χ4v) is 1.56. The van der Waals surface area contributed by atoms with Crippen LogP contribution in [-0.2, 0) is 0 Å². The molecule has 0 aliphatic heterocycles. The summed E-state index contributed by atoms with van der Waals surface area (Å²) in [5, 5.41) is 20.0. The summed E-state index contributed by atoms with van der Waals surface area (Å²) in [6.07, 6.45) is 0. The molecule has 4 heteroatoms. The molecule has 2 aromatic carbocycles. The van der Waals surface area contributed by atoms with Gasteiger partial charge in [-0.1, -0.05) is 12.1 Å². The molecule has 15 heavy (non-hydrogen) atoms. The second-order valence-corrected chi connectivity index (χ2v) is 3.23. The van der Waals surface area contributed by atoms with Crippen molar-refractivity contribution in [3.8, 4) is 11.5 Å². The average molecular weight is 203 g/mol. The van der Waals surface area contributed by atoms with Gasteiger partial charge in [0.25, 0.3) is 5.91 Å². The van der Waals surface area contributed by atoms with E-state index in [1.165, 1.54) is 18.2 Å². The third-order valence-electron chi connectivity index (χ3n) is 2.23. The van der Waals surface area contributed by atoms with Gasteiger partial charge in [0.1, 0.15) is 11.5 Å². The van der Waals surface area contributed by atoms with Crippen molar-refractivity contribution in [2.24, 2.45) is 5.73 Å². The van der Waals surface area contributed by atoms with Crippen LogP contribution >= 0.6 is 0 Å². The number of phenolic OH excluding ortho intramolecular Hbond substituents is 1. The van der Waals surface area contributed by atoms with Gasteiger partial charge in [-0.05, 0) is 23.6 Å². The SMILES string of the molecule is NC(=O)c1c(O)ccc2ccc(O)cc12. The van der Waals surface area contributed by atoms with E-state index in [0.717, 1.165) is 5.39 Å².